The molecule has 3 aromatic rings. The van der Waals surface area contributed by atoms with Gasteiger partial charge in [-0.2, -0.15) is 5.10 Å². The van der Waals surface area contributed by atoms with E-state index < -0.39 is 0 Å². The number of nitrogens with zero attached hydrogens (tertiary/aromatic N) is 3. The predicted octanol–water partition coefficient (Wildman–Crippen LogP) is 2.81. The minimum absolute atomic E-state index is 0.154. The Morgan fingerprint density at radius 1 is 1.33 bits per heavy atom. The second-order valence-electron chi connectivity index (χ2n) is 4.03. The first-order valence-corrected chi connectivity index (χ1v) is 7.96. The van der Waals surface area contributed by atoms with E-state index in [0.29, 0.717) is 16.4 Å². The van der Waals surface area contributed by atoms with E-state index in [0.717, 1.165) is 10.7 Å². The average Bonchev–Trinajstić information content (AvgIpc) is 3.18. The van der Waals surface area contributed by atoms with Crippen molar-refractivity contribution in [2.24, 2.45) is 0 Å². The molecule has 0 aliphatic rings. The normalized spacial score (nSPS) is 10.5. The van der Waals surface area contributed by atoms with Crippen LogP contribution in [0.5, 0.6) is 0 Å². The van der Waals surface area contributed by atoms with Gasteiger partial charge in [-0.15, -0.1) is 11.3 Å². The molecule has 1 aromatic carbocycles. The number of H-pyrrole nitrogens is 1. The largest absolute Gasteiger partial charge is 0.298 e. The van der Waals surface area contributed by atoms with Crippen molar-refractivity contribution in [2.45, 2.75) is 10.9 Å². The zero-order chi connectivity index (χ0) is 14.5. The second kappa shape index (κ2) is 6.51. The number of nitrogens with one attached hydrogen (secondary N) is 2. The van der Waals surface area contributed by atoms with Crippen molar-refractivity contribution in [1.29, 1.82) is 0 Å². The number of hydrogen-bond donors (Lipinski definition) is 2. The van der Waals surface area contributed by atoms with Gasteiger partial charge in [0.05, 0.1) is 0 Å². The summed E-state index contributed by atoms with van der Waals surface area (Å²) in [5.74, 6) is 0.482. The van der Waals surface area contributed by atoms with Crippen LogP contribution < -0.4 is 5.32 Å². The van der Waals surface area contributed by atoms with E-state index in [4.69, 9.17) is 0 Å². The molecule has 0 spiro atoms. The van der Waals surface area contributed by atoms with Gasteiger partial charge in [0.25, 0.3) is 5.91 Å². The summed E-state index contributed by atoms with van der Waals surface area (Å²) in [6.45, 7) is 0. The van der Waals surface area contributed by atoms with E-state index in [9.17, 15) is 4.79 Å². The summed E-state index contributed by atoms with van der Waals surface area (Å²) in [4.78, 5) is 20.4. The van der Waals surface area contributed by atoms with E-state index in [1.165, 1.54) is 29.4 Å². The van der Waals surface area contributed by atoms with E-state index in [1.54, 1.807) is 12.3 Å². The van der Waals surface area contributed by atoms with Crippen molar-refractivity contribution < 1.29 is 4.79 Å². The first-order chi connectivity index (χ1) is 10.3. The number of benzene rings is 1. The fraction of sp³-hybridized carbons (Fsp3) is 0.0769. The molecular formula is C13H11N5OS2. The lowest BCUT2D eigenvalue weighted by Crippen LogP contribution is -2.13. The van der Waals surface area contributed by atoms with Crippen LogP contribution in [0.4, 0.5) is 5.13 Å². The van der Waals surface area contributed by atoms with E-state index >= 15 is 0 Å². The molecule has 0 bridgehead atoms. The number of anilines is 1. The molecule has 3 rings (SSSR count). The maximum absolute atomic E-state index is 12.3. The first-order valence-electron chi connectivity index (χ1n) is 6.10. The molecule has 0 atom stereocenters. The van der Waals surface area contributed by atoms with Gasteiger partial charge >= 0.3 is 0 Å². The molecule has 1 amide bonds. The number of aromatic nitrogens is 4. The number of carbonyl (C=O) groups excluding carboxylic acids is 1. The molecular weight excluding hydrogens is 306 g/mol. The Hall–Kier alpha value is -2.19. The molecule has 0 aliphatic heterocycles. The average molecular weight is 317 g/mol. The molecule has 8 heteroatoms. The fourth-order valence-corrected chi connectivity index (χ4v) is 3.03. The third-order valence-corrected chi connectivity index (χ3v) is 4.29. The van der Waals surface area contributed by atoms with Gasteiger partial charge in [-0.3, -0.25) is 15.2 Å². The number of aromatic amines is 1. The van der Waals surface area contributed by atoms with Gasteiger partial charge in [0.1, 0.15) is 6.33 Å². The van der Waals surface area contributed by atoms with Crippen LogP contribution in [-0.4, -0.2) is 26.1 Å². The molecule has 2 N–H and O–H groups in total. The smallest absolute Gasteiger partial charge is 0.257 e. The second-order valence-corrected chi connectivity index (χ2v) is 5.89. The van der Waals surface area contributed by atoms with Crippen molar-refractivity contribution in [3.05, 3.63) is 53.3 Å². The number of hydrogen-bond acceptors (Lipinski definition) is 6. The van der Waals surface area contributed by atoms with Crippen molar-refractivity contribution in [3.63, 3.8) is 0 Å². The Kier molecular flexibility index (Phi) is 4.27. The number of thiazole rings is 1. The van der Waals surface area contributed by atoms with Crippen LogP contribution in [0.25, 0.3) is 0 Å². The molecule has 0 unspecified atom stereocenters. The maximum atomic E-state index is 12.3. The van der Waals surface area contributed by atoms with Crippen LogP contribution in [0.1, 0.15) is 15.9 Å². The standard InChI is InChI=1S/C13H11N5OS2/c19-11(17-12-14-5-6-20-12)10-4-2-1-3-9(10)7-21-13-15-8-16-18-13/h1-6,8H,7H2,(H,14,17,19)(H,15,16,18). The highest BCUT2D eigenvalue weighted by atomic mass is 32.2. The lowest BCUT2D eigenvalue weighted by atomic mass is 10.1. The maximum Gasteiger partial charge on any atom is 0.257 e. The monoisotopic (exact) mass is 317 g/mol. The Balaban J connectivity index is 1.74. The lowest BCUT2D eigenvalue weighted by Gasteiger charge is -2.07. The lowest BCUT2D eigenvalue weighted by molar-refractivity contribution is 0.102. The molecule has 2 aromatic heterocycles. The molecule has 0 saturated carbocycles. The van der Waals surface area contributed by atoms with Gasteiger partial charge in [0.2, 0.25) is 0 Å². The molecule has 0 aliphatic carbocycles. The van der Waals surface area contributed by atoms with Crippen molar-refractivity contribution in [2.75, 3.05) is 5.32 Å². The molecule has 0 radical (unpaired) electrons. The van der Waals surface area contributed by atoms with Crippen LogP contribution in [0.2, 0.25) is 0 Å². The minimum atomic E-state index is -0.154. The molecule has 106 valence electrons. The summed E-state index contributed by atoms with van der Waals surface area (Å²) >= 11 is 2.89. The van der Waals surface area contributed by atoms with Gasteiger partial charge in [-0.05, 0) is 11.6 Å². The van der Waals surface area contributed by atoms with Gasteiger partial charge in [0, 0.05) is 22.9 Å². The highest BCUT2D eigenvalue weighted by molar-refractivity contribution is 7.98. The van der Waals surface area contributed by atoms with Crippen molar-refractivity contribution >= 4 is 34.1 Å². The van der Waals surface area contributed by atoms with Crippen LogP contribution in [-0.2, 0) is 5.75 Å². The molecule has 2 heterocycles. The van der Waals surface area contributed by atoms with E-state index in [2.05, 4.69) is 25.5 Å². The van der Waals surface area contributed by atoms with E-state index in [-0.39, 0.29) is 5.91 Å². The summed E-state index contributed by atoms with van der Waals surface area (Å²) in [5.41, 5.74) is 1.58. The summed E-state index contributed by atoms with van der Waals surface area (Å²) in [6.07, 6.45) is 3.12. The highest BCUT2D eigenvalue weighted by Gasteiger charge is 2.12. The van der Waals surface area contributed by atoms with Crippen LogP contribution in [0, 0.1) is 0 Å². The van der Waals surface area contributed by atoms with Crippen LogP contribution in [0.15, 0.2) is 47.3 Å². The van der Waals surface area contributed by atoms with Gasteiger partial charge in [-0.1, -0.05) is 30.0 Å². The minimum Gasteiger partial charge on any atom is -0.298 e. The molecule has 0 saturated heterocycles. The Labute approximate surface area is 129 Å². The number of thioether (sulfide) groups is 1. The molecule has 0 fully saturated rings. The Morgan fingerprint density at radius 3 is 3.00 bits per heavy atom. The van der Waals surface area contributed by atoms with Gasteiger partial charge in [0.15, 0.2) is 10.3 Å². The van der Waals surface area contributed by atoms with E-state index in [1.807, 2.05) is 23.6 Å². The summed E-state index contributed by atoms with van der Waals surface area (Å²) < 4.78 is 0. The summed E-state index contributed by atoms with van der Waals surface area (Å²) in [7, 11) is 0. The summed E-state index contributed by atoms with van der Waals surface area (Å²) in [6, 6.07) is 7.50. The molecule has 6 nitrogen and oxygen atoms in total. The predicted molar refractivity (Wildman–Crippen MR) is 82.5 cm³/mol. The summed E-state index contributed by atoms with van der Waals surface area (Å²) in [5, 5.41) is 12.5. The zero-order valence-electron chi connectivity index (χ0n) is 10.8. The first kappa shape index (κ1) is 13.8. The van der Waals surface area contributed by atoms with Gasteiger partial charge in [-0.25, -0.2) is 9.97 Å². The quantitative estimate of drug-likeness (QED) is 0.707. The van der Waals surface area contributed by atoms with Gasteiger partial charge < -0.3 is 0 Å². The third kappa shape index (κ3) is 3.47. The number of amides is 1. The zero-order valence-corrected chi connectivity index (χ0v) is 12.4. The van der Waals surface area contributed by atoms with Crippen molar-refractivity contribution in [3.8, 4) is 0 Å². The van der Waals surface area contributed by atoms with Crippen molar-refractivity contribution in [1.82, 2.24) is 20.2 Å². The SMILES string of the molecule is O=C(Nc1nccs1)c1ccccc1CSc1ncn[nH]1. The number of rotatable bonds is 5. The number of carbonyl (C=O) groups is 1. The third-order valence-electron chi connectivity index (χ3n) is 2.67. The topological polar surface area (TPSA) is 83.6 Å². The molecule has 21 heavy (non-hydrogen) atoms. The van der Waals surface area contributed by atoms with Crippen LogP contribution in [0.3, 0.4) is 0 Å². The fourth-order valence-electron chi connectivity index (χ4n) is 1.73. The Bertz CT molecular complexity index is 712. The Morgan fingerprint density at radius 2 is 2.24 bits per heavy atom. The van der Waals surface area contributed by atoms with Crippen LogP contribution >= 0.6 is 23.1 Å². The highest BCUT2D eigenvalue weighted by Crippen LogP contribution is 2.22.